The number of methoxy groups -OCH3 is 1. The summed E-state index contributed by atoms with van der Waals surface area (Å²) < 4.78 is 9.05. The van der Waals surface area contributed by atoms with Crippen molar-refractivity contribution in [3.05, 3.63) is 24.2 Å². The number of aliphatic hydroxyl groups is 1. The number of hydrogen-bond acceptors (Lipinski definition) is 4. The van der Waals surface area contributed by atoms with Crippen molar-refractivity contribution in [3.8, 4) is 0 Å². The van der Waals surface area contributed by atoms with E-state index < -0.39 is 12.1 Å². The first kappa shape index (κ1) is 7.81. The van der Waals surface area contributed by atoms with Gasteiger partial charge in [-0.2, -0.15) is 0 Å². The number of furan rings is 1. The zero-order valence-corrected chi connectivity index (χ0v) is 5.98. The predicted octanol–water partition coefficient (Wildman–Crippen LogP) is 0.486. The summed E-state index contributed by atoms with van der Waals surface area (Å²) in [6.07, 6.45) is 0.0663. The Morgan fingerprint density at radius 2 is 2.55 bits per heavy atom. The number of hydrogen-bond donors (Lipinski definition) is 1. The van der Waals surface area contributed by atoms with Gasteiger partial charge in [0.25, 0.3) is 0 Å². The largest absolute Gasteiger partial charge is 0.467 e. The van der Waals surface area contributed by atoms with Gasteiger partial charge in [-0.15, -0.1) is 0 Å². The van der Waals surface area contributed by atoms with E-state index in [1.54, 1.807) is 6.07 Å². The molecular weight excluding hydrogens is 148 g/mol. The number of rotatable bonds is 2. The van der Waals surface area contributed by atoms with Gasteiger partial charge in [-0.3, -0.25) is 0 Å². The van der Waals surface area contributed by atoms with Crippen LogP contribution >= 0.6 is 0 Å². The highest BCUT2D eigenvalue weighted by molar-refractivity contribution is 5.75. The van der Waals surface area contributed by atoms with E-state index in [4.69, 9.17) is 9.52 Å². The summed E-state index contributed by atoms with van der Waals surface area (Å²) in [5.74, 6) is -0.531. The van der Waals surface area contributed by atoms with Crippen LogP contribution in [0.1, 0.15) is 11.9 Å². The molecule has 11 heavy (non-hydrogen) atoms. The molecule has 4 heteroatoms. The van der Waals surface area contributed by atoms with E-state index in [9.17, 15) is 4.79 Å². The molecule has 1 heterocycles. The van der Waals surface area contributed by atoms with E-state index in [1.807, 2.05) is 0 Å². The fraction of sp³-hybridized carbons (Fsp3) is 0.286. The first-order valence-corrected chi connectivity index (χ1v) is 3.05. The second-order valence-corrected chi connectivity index (χ2v) is 1.94. The Balaban J connectivity index is 2.70. The topological polar surface area (TPSA) is 59.7 Å². The van der Waals surface area contributed by atoms with Crippen molar-refractivity contribution >= 4 is 5.97 Å². The summed E-state index contributed by atoms with van der Waals surface area (Å²) in [6.45, 7) is 0. The van der Waals surface area contributed by atoms with Crippen LogP contribution in [-0.4, -0.2) is 18.2 Å². The zero-order chi connectivity index (χ0) is 8.27. The molecule has 0 saturated carbocycles. The van der Waals surface area contributed by atoms with Crippen molar-refractivity contribution < 1.29 is 19.1 Å². The molecule has 0 saturated heterocycles. The molecule has 0 spiro atoms. The van der Waals surface area contributed by atoms with Crippen LogP contribution in [0.2, 0.25) is 0 Å². The Hall–Kier alpha value is -1.29. The molecule has 0 fully saturated rings. The lowest BCUT2D eigenvalue weighted by Crippen LogP contribution is -2.12. The monoisotopic (exact) mass is 156 g/mol. The molecule has 0 aliphatic rings. The molecule has 0 aliphatic heterocycles. The molecule has 1 rings (SSSR count). The number of carbonyl (C=O) groups is 1. The molecule has 0 radical (unpaired) electrons. The maximum atomic E-state index is 10.7. The second-order valence-electron chi connectivity index (χ2n) is 1.94. The lowest BCUT2D eigenvalue weighted by Gasteiger charge is -2.03. The van der Waals surface area contributed by atoms with E-state index in [-0.39, 0.29) is 5.76 Å². The van der Waals surface area contributed by atoms with Crippen LogP contribution in [0, 0.1) is 0 Å². The van der Waals surface area contributed by atoms with E-state index in [1.165, 1.54) is 19.4 Å². The predicted molar refractivity (Wildman–Crippen MR) is 35.7 cm³/mol. The zero-order valence-electron chi connectivity index (χ0n) is 5.98. The van der Waals surface area contributed by atoms with Crippen LogP contribution in [0.3, 0.4) is 0 Å². The molecule has 1 aromatic heterocycles. The number of aliphatic hydroxyl groups excluding tert-OH is 1. The fourth-order valence-corrected chi connectivity index (χ4v) is 0.675. The van der Waals surface area contributed by atoms with Gasteiger partial charge in [-0.05, 0) is 12.1 Å². The molecule has 0 aliphatic carbocycles. The van der Waals surface area contributed by atoms with Gasteiger partial charge in [-0.25, -0.2) is 4.79 Å². The number of esters is 1. The van der Waals surface area contributed by atoms with Gasteiger partial charge >= 0.3 is 5.97 Å². The molecule has 1 atom stereocenters. The van der Waals surface area contributed by atoms with E-state index in [0.717, 1.165) is 0 Å². The van der Waals surface area contributed by atoms with Gasteiger partial charge in [0.05, 0.1) is 13.4 Å². The van der Waals surface area contributed by atoms with Crippen molar-refractivity contribution in [3.63, 3.8) is 0 Å². The standard InChI is InChI=1S/C7H8O4/c1-10-7(9)6(8)5-3-2-4-11-5/h2-4,6,8H,1H3/t6-/m1/s1. The molecule has 60 valence electrons. The first-order chi connectivity index (χ1) is 5.25. The molecule has 1 N–H and O–H groups in total. The molecule has 0 bridgehead atoms. The normalized spacial score (nSPS) is 12.5. The third-order valence-electron chi connectivity index (χ3n) is 1.24. The van der Waals surface area contributed by atoms with Gasteiger partial charge in [-0.1, -0.05) is 0 Å². The van der Waals surface area contributed by atoms with Crippen LogP contribution in [0.5, 0.6) is 0 Å². The van der Waals surface area contributed by atoms with Crippen LogP contribution in [-0.2, 0) is 9.53 Å². The van der Waals surface area contributed by atoms with Crippen LogP contribution in [0.25, 0.3) is 0 Å². The highest BCUT2D eigenvalue weighted by Gasteiger charge is 2.19. The van der Waals surface area contributed by atoms with Gasteiger partial charge < -0.3 is 14.3 Å². The summed E-state index contributed by atoms with van der Waals surface area (Å²) in [4.78, 5) is 10.7. The molecule has 0 amide bonds. The van der Waals surface area contributed by atoms with Crippen molar-refractivity contribution in [1.29, 1.82) is 0 Å². The summed E-state index contributed by atoms with van der Waals surface area (Å²) in [5, 5.41) is 9.11. The lowest BCUT2D eigenvalue weighted by atomic mass is 10.3. The van der Waals surface area contributed by atoms with E-state index >= 15 is 0 Å². The minimum absolute atomic E-state index is 0.192. The minimum Gasteiger partial charge on any atom is -0.467 e. The summed E-state index contributed by atoms with van der Waals surface area (Å²) >= 11 is 0. The highest BCUT2D eigenvalue weighted by atomic mass is 16.5. The Bertz CT molecular complexity index is 227. The Morgan fingerprint density at radius 1 is 1.82 bits per heavy atom. The first-order valence-electron chi connectivity index (χ1n) is 3.05. The third kappa shape index (κ3) is 1.59. The van der Waals surface area contributed by atoms with Gasteiger partial charge in [0, 0.05) is 0 Å². The third-order valence-corrected chi connectivity index (χ3v) is 1.24. The van der Waals surface area contributed by atoms with Crippen LogP contribution < -0.4 is 0 Å². The van der Waals surface area contributed by atoms with Crippen LogP contribution in [0.4, 0.5) is 0 Å². The Morgan fingerprint density at radius 3 is 3.00 bits per heavy atom. The van der Waals surface area contributed by atoms with E-state index in [2.05, 4.69) is 4.74 Å². The molecule has 0 aromatic carbocycles. The second kappa shape index (κ2) is 3.21. The molecule has 1 aromatic rings. The Kier molecular flexibility index (Phi) is 2.28. The summed E-state index contributed by atoms with van der Waals surface area (Å²) in [6, 6.07) is 3.09. The highest BCUT2D eigenvalue weighted by Crippen LogP contribution is 2.13. The smallest absolute Gasteiger partial charge is 0.342 e. The van der Waals surface area contributed by atoms with Crippen molar-refractivity contribution in [2.24, 2.45) is 0 Å². The van der Waals surface area contributed by atoms with Crippen molar-refractivity contribution in [2.75, 3.05) is 7.11 Å². The minimum atomic E-state index is -1.31. The average Bonchev–Trinajstić information content (AvgIpc) is 2.53. The molecular formula is C7H8O4. The van der Waals surface area contributed by atoms with Crippen molar-refractivity contribution in [1.82, 2.24) is 0 Å². The summed E-state index contributed by atoms with van der Waals surface area (Å²) in [7, 11) is 1.20. The quantitative estimate of drug-likeness (QED) is 0.633. The maximum Gasteiger partial charge on any atom is 0.342 e. The van der Waals surface area contributed by atoms with Gasteiger partial charge in [0.15, 0.2) is 0 Å². The lowest BCUT2D eigenvalue weighted by molar-refractivity contribution is -0.151. The van der Waals surface area contributed by atoms with E-state index in [0.29, 0.717) is 0 Å². The number of carbonyl (C=O) groups excluding carboxylic acids is 1. The van der Waals surface area contributed by atoms with Crippen molar-refractivity contribution in [2.45, 2.75) is 6.10 Å². The fourth-order valence-electron chi connectivity index (χ4n) is 0.675. The molecule has 4 nitrogen and oxygen atoms in total. The SMILES string of the molecule is COC(=O)[C@H](O)c1ccco1. The maximum absolute atomic E-state index is 10.7. The van der Waals surface area contributed by atoms with Gasteiger partial charge in [0.1, 0.15) is 5.76 Å². The Labute approximate surface area is 63.4 Å². The molecule has 0 unspecified atom stereocenters. The summed E-state index contributed by atoms with van der Waals surface area (Å²) in [5.41, 5.74) is 0. The average molecular weight is 156 g/mol. The number of ether oxygens (including phenoxy) is 1. The van der Waals surface area contributed by atoms with Crippen LogP contribution in [0.15, 0.2) is 22.8 Å². The van der Waals surface area contributed by atoms with Gasteiger partial charge in [0.2, 0.25) is 6.10 Å².